The highest BCUT2D eigenvalue weighted by atomic mass is 32.1. The highest BCUT2D eigenvalue weighted by molar-refractivity contribution is 7.12. The molecule has 0 saturated carbocycles. The van der Waals surface area contributed by atoms with Gasteiger partial charge in [0.15, 0.2) is 0 Å². The normalized spacial score (nSPS) is 10.2. The van der Waals surface area contributed by atoms with Gasteiger partial charge in [0.05, 0.1) is 17.9 Å². The first-order valence-electron chi connectivity index (χ1n) is 5.06. The maximum Gasteiger partial charge on any atom is 0.263 e. The van der Waals surface area contributed by atoms with Crippen LogP contribution in [0.25, 0.3) is 0 Å². The predicted octanol–water partition coefficient (Wildman–Crippen LogP) is 1.36. The lowest BCUT2D eigenvalue weighted by atomic mass is 10.3. The van der Waals surface area contributed by atoms with Gasteiger partial charge in [0.2, 0.25) is 0 Å². The first kappa shape index (κ1) is 11.5. The summed E-state index contributed by atoms with van der Waals surface area (Å²) in [6, 6.07) is 3.49. The van der Waals surface area contributed by atoms with Crippen molar-refractivity contribution in [2.75, 3.05) is 5.73 Å². The summed E-state index contributed by atoms with van der Waals surface area (Å²) >= 11 is 1.33. The van der Waals surface area contributed by atoms with Gasteiger partial charge in [-0.25, -0.2) is 9.97 Å². The van der Waals surface area contributed by atoms with Gasteiger partial charge in [-0.05, 0) is 24.4 Å². The van der Waals surface area contributed by atoms with E-state index >= 15 is 0 Å². The van der Waals surface area contributed by atoms with Gasteiger partial charge in [0, 0.05) is 6.20 Å². The molecule has 5 nitrogen and oxygen atoms in total. The van der Waals surface area contributed by atoms with Crippen molar-refractivity contribution in [3.63, 3.8) is 0 Å². The fourth-order valence-corrected chi connectivity index (χ4v) is 2.09. The second-order valence-corrected chi connectivity index (χ2v) is 4.40. The van der Waals surface area contributed by atoms with Gasteiger partial charge >= 0.3 is 0 Å². The Morgan fingerprint density at radius 3 is 3.00 bits per heavy atom. The summed E-state index contributed by atoms with van der Waals surface area (Å²) in [5, 5.41) is 4.56. The van der Waals surface area contributed by atoms with Gasteiger partial charge in [-0.1, -0.05) is 0 Å². The van der Waals surface area contributed by atoms with Crippen LogP contribution in [-0.2, 0) is 6.54 Å². The maximum atomic E-state index is 11.8. The van der Waals surface area contributed by atoms with E-state index in [2.05, 4.69) is 15.3 Å². The predicted molar refractivity (Wildman–Crippen MR) is 66.7 cm³/mol. The molecule has 88 valence electrons. The lowest BCUT2D eigenvalue weighted by Gasteiger charge is -2.04. The minimum absolute atomic E-state index is 0.172. The number of carbonyl (C=O) groups is 1. The molecule has 0 aromatic carbocycles. The fraction of sp³-hybridized carbons (Fsp3) is 0.182. The number of aromatic nitrogens is 2. The monoisotopic (exact) mass is 248 g/mol. The molecule has 1 amide bonds. The second kappa shape index (κ2) is 4.92. The van der Waals surface area contributed by atoms with Crippen LogP contribution in [0.4, 0.5) is 5.69 Å². The number of nitrogen functional groups attached to an aromatic ring is 1. The molecule has 0 atom stereocenters. The number of hydrogen-bond donors (Lipinski definition) is 2. The summed E-state index contributed by atoms with van der Waals surface area (Å²) in [4.78, 5) is 20.5. The molecule has 0 saturated heterocycles. The molecule has 0 spiro atoms. The first-order chi connectivity index (χ1) is 8.16. The van der Waals surface area contributed by atoms with Gasteiger partial charge in [-0.2, -0.15) is 0 Å². The van der Waals surface area contributed by atoms with Crippen molar-refractivity contribution >= 4 is 22.9 Å². The minimum Gasteiger partial charge on any atom is -0.397 e. The first-order valence-corrected chi connectivity index (χ1v) is 5.94. The van der Waals surface area contributed by atoms with E-state index in [1.165, 1.54) is 11.3 Å². The third-order valence-electron chi connectivity index (χ3n) is 2.17. The molecule has 2 aromatic heterocycles. The molecule has 0 unspecified atom stereocenters. The summed E-state index contributed by atoms with van der Waals surface area (Å²) < 4.78 is 0. The molecule has 2 rings (SSSR count). The van der Waals surface area contributed by atoms with E-state index in [-0.39, 0.29) is 5.91 Å². The van der Waals surface area contributed by atoms with Crippen LogP contribution in [0.5, 0.6) is 0 Å². The van der Waals surface area contributed by atoms with Crippen molar-refractivity contribution in [2.24, 2.45) is 0 Å². The number of nitrogens with two attached hydrogens (primary N) is 1. The van der Waals surface area contributed by atoms with E-state index in [0.717, 1.165) is 5.69 Å². The molecular formula is C11H12N4OS. The van der Waals surface area contributed by atoms with Crippen LogP contribution < -0.4 is 11.1 Å². The number of nitrogens with zero attached hydrogens (tertiary/aromatic N) is 2. The van der Waals surface area contributed by atoms with E-state index in [4.69, 9.17) is 5.73 Å². The molecule has 0 fully saturated rings. The average molecular weight is 248 g/mol. The van der Waals surface area contributed by atoms with E-state index < -0.39 is 0 Å². The zero-order valence-electron chi connectivity index (χ0n) is 9.30. The van der Waals surface area contributed by atoms with Gasteiger partial charge < -0.3 is 11.1 Å². The van der Waals surface area contributed by atoms with E-state index in [0.29, 0.717) is 22.9 Å². The SMILES string of the molecule is Cc1nccc(CNC(=O)c2sccc2N)n1. The van der Waals surface area contributed by atoms with Crippen LogP contribution >= 0.6 is 11.3 Å². The molecule has 17 heavy (non-hydrogen) atoms. The third kappa shape index (κ3) is 2.79. The minimum atomic E-state index is -0.172. The number of nitrogens with one attached hydrogen (secondary N) is 1. The van der Waals surface area contributed by atoms with E-state index in [1.54, 1.807) is 23.7 Å². The summed E-state index contributed by atoms with van der Waals surface area (Å²) in [6.07, 6.45) is 1.67. The molecule has 3 N–H and O–H groups in total. The Balaban J connectivity index is 1.99. The molecule has 2 heterocycles. The van der Waals surface area contributed by atoms with E-state index in [1.807, 2.05) is 6.92 Å². The number of anilines is 1. The maximum absolute atomic E-state index is 11.8. The van der Waals surface area contributed by atoms with Crippen molar-refractivity contribution in [3.05, 3.63) is 40.1 Å². The van der Waals surface area contributed by atoms with Crippen LogP contribution in [0.1, 0.15) is 21.2 Å². The third-order valence-corrected chi connectivity index (χ3v) is 3.09. The molecular weight excluding hydrogens is 236 g/mol. The van der Waals surface area contributed by atoms with Crippen LogP contribution in [-0.4, -0.2) is 15.9 Å². The highest BCUT2D eigenvalue weighted by Gasteiger charge is 2.10. The Morgan fingerprint density at radius 2 is 2.35 bits per heavy atom. The smallest absolute Gasteiger partial charge is 0.263 e. The van der Waals surface area contributed by atoms with Crippen LogP contribution in [0.2, 0.25) is 0 Å². The fourth-order valence-electron chi connectivity index (χ4n) is 1.36. The molecule has 0 aliphatic rings. The molecule has 6 heteroatoms. The summed E-state index contributed by atoms with van der Waals surface area (Å²) in [5.74, 6) is 0.515. The van der Waals surface area contributed by atoms with Gasteiger partial charge in [0.1, 0.15) is 10.7 Å². The Kier molecular flexibility index (Phi) is 3.34. The standard InChI is InChI=1S/C11H12N4OS/c1-7-13-4-2-8(15-7)6-14-11(16)10-9(12)3-5-17-10/h2-5H,6,12H2,1H3,(H,14,16). The Bertz CT molecular complexity index is 538. The highest BCUT2D eigenvalue weighted by Crippen LogP contribution is 2.18. The number of rotatable bonds is 3. The van der Waals surface area contributed by atoms with Crippen LogP contribution in [0.15, 0.2) is 23.7 Å². The second-order valence-electron chi connectivity index (χ2n) is 3.48. The Morgan fingerprint density at radius 1 is 1.53 bits per heavy atom. The quantitative estimate of drug-likeness (QED) is 0.859. The number of hydrogen-bond acceptors (Lipinski definition) is 5. The van der Waals surface area contributed by atoms with Gasteiger partial charge in [-0.15, -0.1) is 11.3 Å². The molecule has 0 aliphatic carbocycles. The summed E-state index contributed by atoms with van der Waals surface area (Å²) in [7, 11) is 0. The van der Waals surface area contributed by atoms with Crippen LogP contribution in [0.3, 0.4) is 0 Å². The molecule has 0 radical (unpaired) electrons. The zero-order chi connectivity index (χ0) is 12.3. The number of aryl methyl sites for hydroxylation is 1. The van der Waals surface area contributed by atoms with Gasteiger partial charge in [-0.3, -0.25) is 4.79 Å². The molecule has 0 bridgehead atoms. The average Bonchev–Trinajstić information content (AvgIpc) is 2.72. The number of thiophene rings is 1. The van der Waals surface area contributed by atoms with Crippen molar-refractivity contribution in [2.45, 2.75) is 13.5 Å². The largest absolute Gasteiger partial charge is 0.397 e. The van der Waals surface area contributed by atoms with Crippen LogP contribution in [0, 0.1) is 6.92 Å². The summed E-state index contributed by atoms with van der Waals surface area (Å²) in [5.41, 5.74) is 6.94. The van der Waals surface area contributed by atoms with E-state index in [9.17, 15) is 4.79 Å². The zero-order valence-corrected chi connectivity index (χ0v) is 10.1. The van der Waals surface area contributed by atoms with Crippen molar-refractivity contribution in [1.29, 1.82) is 0 Å². The number of carbonyl (C=O) groups excluding carboxylic acids is 1. The molecule has 2 aromatic rings. The Hall–Kier alpha value is -1.95. The lowest BCUT2D eigenvalue weighted by molar-refractivity contribution is 0.0955. The van der Waals surface area contributed by atoms with Crippen molar-refractivity contribution in [1.82, 2.24) is 15.3 Å². The lowest BCUT2D eigenvalue weighted by Crippen LogP contribution is -2.23. The topological polar surface area (TPSA) is 80.9 Å². The van der Waals surface area contributed by atoms with Crippen molar-refractivity contribution in [3.8, 4) is 0 Å². The number of amides is 1. The van der Waals surface area contributed by atoms with Gasteiger partial charge in [0.25, 0.3) is 5.91 Å². The van der Waals surface area contributed by atoms with Crippen molar-refractivity contribution < 1.29 is 4.79 Å². The summed E-state index contributed by atoms with van der Waals surface area (Å²) in [6.45, 7) is 2.18. The molecule has 0 aliphatic heterocycles. The Labute approximate surface area is 103 Å².